The lowest BCUT2D eigenvalue weighted by Gasteiger charge is -2.26. The second kappa shape index (κ2) is 10.8. The molecule has 1 atom stereocenters. The summed E-state index contributed by atoms with van der Waals surface area (Å²) in [5.41, 5.74) is 0.0302. The first-order valence-electron chi connectivity index (χ1n) is 9.89. The van der Waals surface area contributed by atoms with Gasteiger partial charge in [0.15, 0.2) is 6.61 Å². The van der Waals surface area contributed by atoms with Crippen molar-refractivity contribution in [2.45, 2.75) is 26.3 Å². The number of nitrogens with zero attached hydrogens (tertiary/aromatic N) is 1. The number of hydrogen-bond acceptors (Lipinski definition) is 5. The van der Waals surface area contributed by atoms with E-state index < -0.39 is 36.3 Å². The molecule has 12 heteroatoms. The highest BCUT2D eigenvalue weighted by Gasteiger charge is 2.47. The van der Waals surface area contributed by atoms with Crippen molar-refractivity contribution in [3.63, 3.8) is 0 Å². The number of benzene rings is 2. The molecule has 180 valence electrons. The number of nitrogens with one attached hydrogen (secondary N) is 1. The number of anilines is 1. The summed E-state index contributed by atoms with van der Waals surface area (Å²) in [6.45, 7) is 2.98. The summed E-state index contributed by atoms with van der Waals surface area (Å²) in [7, 11) is 0. The number of ether oxygens (including phenoxy) is 1. The van der Waals surface area contributed by atoms with E-state index in [0.29, 0.717) is 5.69 Å². The lowest BCUT2D eigenvalue weighted by molar-refractivity contribution is -0.151. The Morgan fingerprint density at radius 2 is 1.44 bits per heavy atom. The van der Waals surface area contributed by atoms with E-state index in [4.69, 9.17) is 51.1 Å². The van der Waals surface area contributed by atoms with E-state index in [9.17, 15) is 19.2 Å². The van der Waals surface area contributed by atoms with Crippen molar-refractivity contribution in [3.8, 4) is 0 Å². The van der Waals surface area contributed by atoms with Gasteiger partial charge in [-0.05, 0) is 36.6 Å². The molecule has 2 aromatic rings. The van der Waals surface area contributed by atoms with Gasteiger partial charge in [-0.25, -0.2) is 4.79 Å². The highest BCUT2D eigenvalue weighted by atomic mass is 79.9. The molecule has 0 aliphatic carbocycles. The Kier molecular flexibility index (Phi) is 8.52. The number of hydrogen-bond donors (Lipinski definition) is 1. The molecule has 2 aromatic carbocycles. The van der Waals surface area contributed by atoms with Gasteiger partial charge in [0, 0.05) is 10.2 Å². The molecule has 0 saturated heterocycles. The number of halogens is 5. The fourth-order valence-corrected chi connectivity index (χ4v) is 4.64. The van der Waals surface area contributed by atoms with Gasteiger partial charge in [0.1, 0.15) is 6.04 Å². The monoisotopic (exact) mass is 608 g/mol. The molecule has 0 saturated carbocycles. The van der Waals surface area contributed by atoms with Crippen molar-refractivity contribution >= 4 is 91.7 Å². The molecule has 0 bridgehead atoms. The van der Waals surface area contributed by atoms with Gasteiger partial charge < -0.3 is 10.1 Å². The van der Waals surface area contributed by atoms with Gasteiger partial charge in [0.2, 0.25) is 0 Å². The van der Waals surface area contributed by atoms with Crippen LogP contribution < -0.4 is 5.32 Å². The summed E-state index contributed by atoms with van der Waals surface area (Å²) in [5, 5.41) is 1.75. The number of rotatable bonds is 7. The van der Waals surface area contributed by atoms with Crippen LogP contribution in [0.5, 0.6) is 0 Å². The Balaban J connectivity index is 1.82. The van der Waals surface area contributed by atoms with Crippen molar-refractivity contribution in [2.75, 3.05) is 11.9 Å². The van der Waals surface area contributed by atoms with Crippen LogP contribution in [-0.2, 0) is 14.3 Å². The Bertz CT molecular complexity index is 1140. The maximum absolute atomic E-state index is 13.1. The predicted molar refractivity (Wildman–Crippen MR) is 134 cm³/mol. The molecular weight excluding hydrogens is 594 g/mol. The van der Waals surface area contributed by atoms with E-state index in [1.54, 1.807) is 38.1 Å². The minimum Gasteiger partial charge on any atom is -0.454 e. The van der Waals surface area contributed by atoms with Crippen LogP contribution >= 0.6 is 62.3 Å². The molecule has 7 nitrogen and oxygen atoms in total. The van der Waals surface area contributed by atoms with E-state index in [1.165, 1.54) is 0 Å². The van der Waals surface area contributed by atoms with Crippen LogP contribution in [0.3, 0.4) is 0 Å². The Morgan fingerprint density at radius 1 is 0.941 bits per heavy atom. The number of amides is 3. The van der Waals surface area contributed by atoms with Gasteiger partial charge in [-0.15, -0.1) is 0 Å². The third-order valence-electron chi connectivity index (χ3n) is 4.88. The van der Waals surface area contributed by atoms with E-state index >= 15 is 0 Å². The minimum atomic E-state index is -1.32. The SMILES string of the molecule is CC(C)C[C@H](C(=O)OCC(=O)Nc1ccc(Br)cc1)N1C(=O)c2c(Cl)c(Cl)c(Cl)c(Cl)c2C1=O. The van der Waals surface area contributed by atoms with E-state index in [1.807, 2.05) is 0 Å². The maximum Gasteiger partial charge on any atom is 0.329 e. The Morgan fingerprint density at radius 3 is 1.91 bits per heavy atom. The summed E-state index contributed by atoms with van der Waals surface area (Å²) in [6.07, 6.45) is 0.0787. The van der Waals surface area contributed by atoms with Crippen molar-refractivity contribution < 1.29 is 23.9 Å². The standard InChI is InChI=1S/C22H17BrCl4N2O5/c1-9(2)7-12(22(33)34-8-13(30)28-11-5-3-10(23)4-6-11)29-20(31)14-15(21(29)32)17(25)19(27)18(26)16(14)24/h3-6,9,12H,7-8H2,1-2H3,(H,28,30)/t12-/m1/s1. The van der Waals surface area contributed by atoms with Gasteiger partial charge in [-0.3, -0.25) is 19.3 Å². The largest absolute Gasteiger partial charge is 0.454 e. The highest BCUT2D eigenvalue weighted by Crippen LogP contribution is 2.45. The number of esters is 1. The molecule has 0 fully saturated rings. The van der Waals surface area contributed by atoms with E-state index in [-0.39, 0.29) is 43.6 Å². The van der Waals surface area contributed by atoms with Crippen LogP contribution in [0.15, 0.2) is 28.7 Å². The van der Waals surface area contributed by atoms with E-state index in [2.05, 4.69) is 21.2 Å². The molecule has 0 radical (unpaired) electrons. The zero-order valence-corrected chi connectivity index (χ0v) is 22.4. The zero-order valence-electron chi connectivity index (χ0n) is 17.8. The summed E-state index contributed by atoms with van der Waals surface area (Å²) < 4.78 is 5.98. The van der Waals surface area contributed by atoms with Crippen LogP contribution in [0.4, 0.5) is 5.69 Å². The lowest BCUT2D eigenvalue weighted by atomic mass is 10.0. The zero-order chi connectivity index (χ0) is 25.3. The molecule has 0 spiro atoms. The second-order valence-electron chi connectivity index (χ2n) is 7.79. The second-order valence-corrected chi connectivity index (χ2v) is 10.2. The molecule has 3 rings (SSSR count). The van der Waals surface area contributed by atoms with E-state index in [0.717, 1.165) is 9.37 Å². The number of fused-ring (bicyclic) bond motifs is 1. The van der Waals surface area contributed by atoms with Gasteiger partial charge >= 0.3 is 5.97 Å². The molecule has 0 unspecified atom stereocenters. The van der Waals surface area contributed by atoms with Crippen LogP contribution in [0.1, 0.15) is 41.0 Å². The topological polar surface area (TPSA) is 92.8 Å². The molecule has 1 heterocycles. The first-order valence-corrected chi connectivity index (χ1v) is 12.2. The average molecular weight is 611 g/mol. The third kappa shape index (κ3) is 5.36. The van der Waals surface area contributed by atoms with Crippen molar-refractivity contribution in [2.24, 2.45) is 5.92 Å². The molecule has 0 aromatic heterocycles. The van der Waals surface area contributed by atoms with Gasteiger partial charge in [-0.1, -0.05) is 76.2 Å². The molecule has 1 aliphatic heterocycles. The fourth-order valence-electron chi connectivity index (χ4n) is 3.37. The maximum atomic E-state index is 13.1. The third-order valence-corrected chi connectivity index (χ3v) is 7.22. The number of carbonyl (C=O) groups excluding carboxylic acids is 4. The van der Waals surface area contributed by atoms with Crippen LogP contribution in [-0.4, -0.2) is 41.2 Å². The van der Waals surface area contributed by atoms with Crippen molar-refractivity contribution in [3.05, 3.63) is 60.0 Å². The van der Waals surface area contributed by atoms with Gasteiger partial charge in [-0.2, -0.15) is 0 Å². The van der Waals surface area contributed by atoms with Crippen molar-refractivity contribution in [1.29, 1.82) is 0 Å². The minimum absolute atomic E-state index is 0.0787. The summed E-state index contributed by atoms with van der Waals surface area (Å²) in [4.78, 5) is 52.2. The molecular formula is C22H17BrCl4N2O5. The molecule has 34 heavy (non-hydrogen) atoms. The van der Waals surface area contributed by atoms with Crippen LogP contribution in [0, 0.1) is 5.92 Å². The Labute approximate surface area is 223 Å². The lowest BCUT2D eigenvalue weighted by Crippen LogP contribution is -2.47. The molecule has 1 aliphatic rings. The number of carbonyl (C=O) groups is 4. The molecule has 3 amide bonds. The summed E-state index contributed by atoms with van der Waals surface area (Å²) in [6, 6.07) is 5.47. The smallest absolute Gasteiger partial charge is 0.329 e. The quantitative estimate of drug-likeness (QED) is 0.173. The highest BCUT2D eigenvalue weighted by molar-refractivity contribution is 9.10. The molecule has 1 N–H and O–H groups in total. The van der Waals surface area contributed by atoms with Crippen LogP contribution in [0.2, 0.25) is 20.1 Å². The van der Waals surface area contributed by atoms with Gasteiger partial charge in [0.05, 0.1) is 31.2 Å². The average Bonchev–Trinajstić information content (AvgIpc) is 3.04. The Hall–Kier alpha value is -1.84. The predicted octanol–water partition coefficient (Wildman–Crippen LogP) is 6.26. The normalized spacial score (nSPS) is 13.8. The van der Waals surface area contributed by atoms with Gasteiger partial charge in [0.25, 0.3) is 17.7 Å². The summed E-state index contributed by atoms with van der Waals surface area (Å²) in [5.74, 6) is -3.35. The van der Waals surface area contributed by atoms with Crippen LogP contribution in [0.25, 0.3) is 0 Å². The number of imide groups is 1. The first kappa shape index (κ1) is 26.8. The first-order chi connectivity index (χ1) is 15.9. The van der Waals surface area contributed by atoms with Crippen molar-refractivity contribution in [1.82, 2.24) is 4.90 Å². The fraction of sp³-hybridized carbons (Fsp3) is 0.273. The summed E-state index contributed by atoms with van der Waals surface area (Å²) >= 11 is 27.7.